The average Bonchev–Trinajstić information content (AvgIpc) is 3.17. The Balaban J connectivity index is 1.33. The van der Waals surface area contributed by atoms with Crippen molar-refractivity contribution in [2.75, 3.05) is 11.9 Å². The van der Waals surface area contributed by atoms with E-state index in [0.29, 0.717) is 18.2 Å². The van der Waals surface area contributed by atoms with Crippen LogP contribution in [-0.2, 0) is 17.6 Å². The molecule has 1 aromatic heterocycles. The molecule has 3 aromatic rings. The van der Waals surface area contributed by atoms with Crippen molar-refractivity contribution in [3.05, 3.63) is 65.0 Å². The highest BCUT2D eigenvalue weighted by atomic mass is 32.1. The molecule has 0 aliphatic heterocycles. The van der Waals surface area contributed by atoms with E-state index in [4.69, 9.17) is 4.74 Å². The smallest absolute Gasteiger partial charge is 0.229 e. The number of amides is 1. The Kier molecular flexibility index (Phi) is 5.49. The minimum Gasteiger partial charge on any atom is -0.493 e. The molecule has 0 saturated carbocycles. The second-order valence-corrected chi connectivity index (χ2v) is 7.55. The Morgan fingerprint density at radius 2 is 1.89 bits per heavy atom. The molecule has 0 unspecified atom stereocenters. The van der Waals surface area contributed by atoms with Crippen molar-refractivity contribution in [2.24, 2.45) is 0 Å². The second kappa shape index (κ2) is 8.35. The summed E-state index contributed by atoms with van der Waals surface area (Å²) >= 11 is 1.46. The fourth-order valence-corrected chi connectivity index (χ4v) is 4.05. The van der Waals surface area contributed by atoms with Gasteiger partial charge in [0, 0.05) is 10.9 Å². The van der Waals surface area contributed by atoms with E-state index in [1.54, 1.807) is 0 Å². The normalized spacial score (nSPS) is 13.0. The van der Waals surface area contributed by atoms with Crippen LogP contribution in [0.2, 0.25) is 0 Å². The van der Waals surface area contributed by atoms with Gasteiger partial charge >= 0.3 is 0 Å². The Bertz CT molecular complexity index is 921. The van der Waals surface area contributed by atoms with Gasteiger partial charge in [0.1, 0.15) is 5.75 Å². The summed E-state index contributed by atoms with van der Waals surface area (Å²) in [6.07, 6.45) is 5.17. The van der Waals surface area contributed by atoms with E-state index in [0.717, 1.165) is 23.4 Å². The Morgan fingerprint density at radius 1 is 1.07 bits per heavy atom. The fraction of sp³-hybridized carbons (Fsp3) is 0.273. The van der Waals surface area contributed by atoms with Gasteiger partial charge in [0.05, 0.1) is 18.7 Å². The second-order valence-electron chi connectivity index (χ2n) is 6.69. The van der Waals surface area contributed by atoms with Crippen molar-refractivity contribution in [3.8, 4) is 17.0 Å². The lowest BCUT2D eigenvalue weighted by Crippen LogP contribution is -2.15. The van der Waals surface area contributed by atoms with Gasteiger partial charge in [-0.2, -0.15) is 0 Å². The lowest BCUT2D eigenvalue weighted by atomic mass is 9.90. The number of benzene rings is 2. The van der Waals surface area contributed by atoms with E-state index in [9.17, 15) is 4.79 Å². The number of nitrogens with zero attached hydrogens (tertiary/aromatic N) is 1. The molecule has 0 bridgehead atoms. The first kappa shape index (κ1) is 17.7. The summed E-state index contributed by atoms with van der Waals surface area (Å²) in [6.45, 7) is 0.346. The van der Waals surface area contributed by atoms with Gasteiger partial charge in [-0.25, -0.2) is 4.98 Å². The predicted octanol–water partition coefficient (Wildman–Crippen LogP) is 5.10. The van der Waals surface area contributed by atoms with Crippen molar-refractivity contribution in [1.29, 1.82) is 0 Å². The van der Waals surface area contributed by atoms with Crippen LogP contribution in [0.4, 0.5) is 5.13 Å². The highest BCUT2D eigenvalue weighted by Gasteiger charge is 2.12. The molecule has 5 heteroatoms. The molecule has 0 radical (unpaired) electrons. The van der Waals surface area contributed by atoms with Crippen molar-refractivity contribution >= 4 is 22.4 Å². The highest BCUT2D eigenvalue weighted by Crippen LogP contribution is 2.29. The SMILES string of the molecule is O=C(CCOc1ccccc1)Nc1nc(-c2ccc3c(c2)CCCC3)cs1. The number of carbonyl (C=O) groups excluding carboxylic acids is 1. The molecule has 0 fully saturated rings. The number of aromatic nitrogens is 1. The van der Waals surface area contributed by atoms with Gasteiger partial charge in [-0.1, -0.05) is 30.3 Å². The summed E-state index contributed by atoms with van der Waals surface area (Å²) in [6, 6.07) is 16.1. The third kappa shape index (κ3) is 4.55. The molecule has 27 heavy (non-hydrogen) atoms. The zero-order valence-corrected chi connectivity index (χ0v) is 15.9. The summed E-state index contributed by atoms with van der Waals surface area (Å²) in [5.74, 6) is 0.687. The van der Waals surface area contributed by atoms with Gasteiger partial charge in [0.2, 0.25) is 5.91 Å². The Hall–Kier alpha value is -2.66. The van der Waals surface area contributed by atoms with Gasteiger partial charge in [0.25, 0.3) is 0 Å². The van der Waals surface area contributed by atoms with Crippen LogP contribution in [0.25, 0.3) is 11.3 Å². The van der Waals surface area contributed by atoms with Gasteiger partial charge in [0.15, 0.2) is 5.13 Å². The first-order valence-electron chi connectivity index (χ1n) is 9.33. The van der Waals surface area contributed by atoms with Crippen LogP contribution >= 0.6 is 11.3 Å². The van der Waals surface area contributed by atoms with Crippen LogP contribution in [0.1, 0.15) is 30.4 Å². The van der Waals surface area contributed by atoms with Crippen molar-refractivity contribution in [3.63, 3.8) is 0 Å². The van der Waals surface area contributed by atoms with Gasteiger partial charge in [-0.05, 0) is 55.0 Å². The van der Waals surface area contributed by atoms with Crippen LogP contribution in [0.5, 0.6) is 5.75 Å². The molecule has 1 N–H and O–H groups in total. The molecule has 4 nitrogen and oxygen atoms in total. The molecule has 0 spiro atoms. The lowest BCUT2D eigenvalue weighted by molar-refractivity contribution is -0.116. The number of carbonyl (C=O) groups is 1. The minimum atomic E-state index is -0.0859. The number of nitrogens with one attached hydrogen (secondary N) is 1. The van der Waals surface area contributed by atoms with E-state index >= 15 is 0 Å². The molecule has 0 saturated heterocycles. The summed E-state index contributed by atoms with van der Waals surface area (Å²) in [5.41, 5.74) is 4.95. The molecule has 1 heterocycles. The summed E-state index contributed by atoms with van der Waals surface area (Å²) < 4.78 is 5.56. The molecule has 2 aromatic carbocycles. The topological polar surface area (TPSA) is 51.2 Å². The summed E-state index contributed by atoms with van der Waals surface area (Å²) in [5, 5.41) is 5.50. The van der Waals surface area contributed by atoms with Crippen LogP contribution in [0, 0.1) is 0 Å². The zero-order valence-electron chi connectivity index (χ0n) is 15.1. The van der Waals surface area contributed by atoms with Crippen LogP contribution in [0.3, 0.4) is 0 Å². The number of para-hydroxylation sites is 1. The first-order chi connectivity index (χ1) is 13.3. The molecule has 138 valence electrons. The van der Waals surface area contributed by atoms with Crippen molar-refractivity contribution in [2.45, 2.75) is 32.1 Å². The predicted molar refractivity (Wildman–Crippen MR) is 109 cm³/mol. The summed E-state index contributed by atoms with van der Waals surface area (Å²) in [7, 11) is 0. The Labute approximate surface area is 163 Å². The number of ether oxygens (including phenoxy) is 1. The van der Waals surface area contributed by atoms with Gasteiger partial charge < -0.3 is 10.1 Å². The third-order valence-corrected chi connectivity index (χ3v) is 5.49. The Morgan fingerprint density at radius 3 is 2.74 bits per heavy atom. The van der Waals surface area contributed by atoms with E-state index < -0.39 is 0 Å². The van der Waals surface area contributed by atoms with Crippen LogP contribution in [0.15, 0.2) is 53.9 Å². The zero-order chi connectivity index (χ0) is 18.5. The fourth-order valence-electron chi connectivity index (χ4n) is 3.32. The number of anilines is 1. The molecule has 1 aliphatic carbocycles. The standard InChI is InChI=1S/C22H22N2O2S/c25-21(12-13-26-19-8-2-1-3-9-19)24-22-23-20(15-27-22)18-11-10-16-6-4-5-7-17(16)14-18/h1-3,8-11,14-15H,4-7,12-13H2,(H,23,24,25). The average molecular weight is 378 g/mol. The maximum absolute atomic E-state index is 12.1. The monoisotopic (exact) mass is 378 g/mol. The van der Waals surface area contributed by atoms with E-state index in [1.165, 1.54) is 41.7 Å². The van der Waals surface area contributed by atoms with Crippen LogP contribution < -0.4 is 10.1 Å². The van der Waals surface area contributed by atoms with Crippen molar-refractivity contribution in [1.82, 2.24) is 4.98 Å². The van der Waals surface area contributed by atoms with Gasteiger partial charge in [-0.3, -0.25) is 4.79 Å². The summed E-state index contributed by atoms with van der Waals surface area (Å²) in [4.78, 5) is 16.7. The van der Waals surface area contributed by atoms with E-state index in [-0.39, 0.29) is 5.91 Å². The number of hydrogen-bond donors (Lipinski definition) is 1. The largest absolute Gasteiger partial charge is 0.493 e. The lowest BCUT2D eigenvalue weighted by Gasteiger charge is -2.16. The highest BCUT2D eigenvalue weighted by molar-refractivity contribution is 7.14. The number of thiazole rings is 1. The molecular formula is C22H22N2O2S. The maximum atomic E-state index is 12.1. The number of hydrogen-bond acceptors (Lipinski definition) is 4. The van der Waals surface area contributed by atoms with E-state index in [2.05, 4.69) is 28.5 Å². The van der Waals surface area contributed by atoms with Crippen molar-refractivity contribution < 1.29 is 9.53 Å². The minimum absolute atomic E-state index is 0.0859. The molecule has 4 rings (SSSR count). The van der Waals surface area contributed by atoms with Crippen LogP contribution in [-0.4, -0.2) is 17.5 Å². The number of rotatable bonds is 6. The molecule has 1 aliphatic rings. The maximum Gasteiger partial charge on any atom is 0.229 e. The number of aryl methyl sites for hydroxylation is 2. The van der Waals surface area contributed by atoms with Gasteiger partial charge in [-0.15, -0.1) is 11.3 Å². The third-order valence-electron chi connectivity index (χ3n) is 4.74. The van der Waals surface area contributed by atoms with E-state index in [1.807, 2.05) is 35.7 Å². The number of fused-ring (bicyclic) bond motifs is 1. The molecule has 0 atom stereocenters. The molecular weight excluding hydrogens is 356 g/mol. The first-order valence-corrected chi connectivity index (χ1v) is 10.2. The quantitative estimate of drug-likeness (QED) is 0.649. The molecule has 1 amide bonds.